The molecule has 1 aromatic carbocycles. The average Bonchev–Trinajstić information content (AvgIpc) is 2.43. The van der Waals surface area contributed by atoms with Crippen LogP contribution in [0.4, 0.5) is 0 Å². The molecule has 1 aliphatic heterocycles. The van der Waals surface area contributed by atoms with E-state index in [2.05, 4.69) is 0 Å². The molecule has 1 heterocycles. The first kappa shape index (κ1) is 12.8. The van der Waals surface area contributed by atoms with E-state index in [1.54, 1.807) is 0 Å². The Morgan fingerprint density at radius 2 is 2.28 bits per heavy atom. The molecule has 0 saturated heterocycles. The number of benzene rings is 1. The molecule has 0 bridgehead atoms. The SMILES string of the molecule is CCC1=CC(C=O)c2ccc(CCCO)cc2O1. The zero-order valence-corrected chi connectivity index (χ0v) is 10.6. The zero-order valence-electron chi connectivity index (χ0n) is 10.6. The van der Waals surface area contributed by atoms with Crippen LogP contribution in [0, 0.1) is 0 Å². The number of aliphatic hydroxyl groups excluding tert-OH is 1. The van der Waals surface area contributed by atoms with Gasteiger partial charge in [-0.3, -0.25) is 0 Å². The highest BCUT2D eigenvalue weighted by Crippen LogP contribution is 2.35. The van der Waals surface area contributed by atoms with E-state index in [0.717, 1.165) is 48.2 Å². The first-order chi connectivity index (χ1) is 8.78. The van der Waals surface area contributed by atoms with Crippen LogP contribution in [0.5, 0.6) is 5.75 Å². The molecular weight excluding hydrogens is 228 g/mol. The van der Waals surface area contributed by atoms with Crippen LogP contribution in [0.25, 0.3) is 0 Å². The van der Waals surface area contributed by atoms with Crippen molar-refractivity contribution in [1.29, 1.82) is 0 Å². The maximum atomic E-state index is 11.1. The lowest BCUT2D eigenvalue weighted by atomic mass is 9.94. The number of aldehydes is 1. The molecule has 0 fully saturated rings. The number of ether oxygens (including phenoxy) is 1. The van der Waals surface area contributed by atoms with Gasteiger partial charge in [0.15, 0.2) is 0 Å². The quantitative estimate of drug-likeness (QED) is 0.812. The lowest BCUT2D eigenvalue weighted by Gasteiger charge is -2.22. The molecule has 0 spiro atoms. The summed E-state index contributed by atoms with van der Waals surface area (Å²) in [5.74, 6) is 1.43. The fourth-order valence-electron chi connectivity index (χ4n) is 2.15. The van der Waals surface area contributed by atoms with E-state index in [1.165, 1.54) is 0 Å². The van der Waals surface area contributed by atoms with Crippen molar-refractivity contribution in [2.24, 2.45) is 0 Å². The molecule has 3 nitrogen and oxygen atoms in total. The third kappa shape index (κ3) is 2.62. The second kappa shape index (κ2) is 5.83. The lowest BCUT2D eigenvalue weighted by molar-refractivity contribution is -0.108. The summed E-state index contributed by atoms with van der Waals surface area (Å²) in [5.41, 5.74) is 2.06. The Morgan fingerprint density at radius 1 is 1.44 bits per heavy atom. The topological polar surface area (TPSA) is 46.5 Å². The van der Waals surface area contributed by atoms with Gasteiger partial charge in [-0.25, -0.2) is 0 Å². The number of hydrogen-bond acceptors (Lipinski definition) is 3. The second-order valence-electron chi connectivity index (χ2n) is 4.45. The standard InChI is InChI=1S/C15H18O3/c1-2-13-9-12(10-17)14-6-5-11(4-3-7-16)8-15(14)18-13/h5-6,8-10,12,16H,2-4,7H2,1H3. The number of aliphatic hydroxyl groups is 1. The predicted octanol–water partition coefficient (Wildman–Crippen LogP) is 2.58. The normalized spacial score (nSPS) is 17.7. The van der Waals surface area contributed by atoms with Gasteiger partial charge in [0.2, 0.25) is 0 Å². The number of hydrogen-bond donors (Lipinski definition) is 1. The maximum absolute atomic E-state index is 11.1. The number of carbonyl (C=O) groups excluding carboxylic acids is 1. The summed E-state index contributed by atoms with van der Waals surface area (Å²) < 4.78 is 5.77. The van der Waals surface area contributed by atoms with Gasteiger partial charge >= 0.3 is 0 Å². The summed E-state index contributed by atoms with van der Waals surface area (Å²) in [4.78, 5) is 11.1. The van der Waals surface area contributed by atoms with Gasteiger partial charge in [-0.15, -0.1) is 0 Å². The summed E-state index contributed by atoms with van der Waals surface area (Å²) in [6.45, 7) is 2.20. The molecule has 96 valence electrons. The van der Waals surface area contributed by atoms with Crippen LogP contribution < -0.4 is 4.74 Å². The Hall–Kier alpha value is -1.61. The molecule has 0 saturated carbocycles. The van der Waals surface area contributed by atoms with Crippen LogP contribution in [-0.2, 0) is 11.2 Å². The molecule has 2 rings (SSSR count). The van der Waals surface area contributed by atoms with Crippen LogP contribution in [0.2, 0.25) is 0 Å². The summed E-state index contributed by atoms with van der Waals surface area (Å²) in [5, 5.41) is 8.84. The molecule has 1 aliphatic rings. The van der Waals surface area contributed by atoms with E-state index in [1.807, 2.05) is 31.2 Å². The predicted molar refractivity (Wildman–Crippen MR) is 69.7 cm³/mol. The lowest BCUT2D eigenvalue weighted by Crippen LogP contribution is -2.10. The number of fused-ring (bicyclic) bond motifs is 1. The number of carbonyl (C=O) groups is 1. The van der Waals surface area contributed by atoms with Gasteiger partial charge in [-0.2, -0.15) is 0 Å². The van der Waals surface area contributed by atoms with Crippen LogP contribution in [0.15, 0.2) is 30.0 Å². The number of aryl methyl sites for hydroxylation is 1. The fourth-order valence-corrected chi connectivity index (χ4v) is 2.15. The van der Waals surface area contributed by atoms with Crippen molar-refractivity contribution in [3.05, 3.63) is 41.2 Å². The summed E-state index contributed by atoms with van der Waals surface area (Å²) in [6.07, 6.45) is 5.17. The van der Waals surface area contributed by atoms with Crippen LogP contribution in [0.1, 0.15) is 36.8 Å². The molecule has 0 aromatic heterocycles. The van der Waals surface area contributed by atoms with Crippen molar-refractivity contribution < 1.29 is 14.6 Å². The van der Waals surface area contributed by atoms with Gasteiger partial charge in [0.25, 0.3) is 0 Å². The number of allylic oxidation sites excluding steroid dienone is 2. The van der Waals surface area contributed by atoms with Gasteiger partial charge < -0.3 is 14.6 Å². The van der Waals surface area contributed by atoms with Gasteiger partial charge in [-0.1, -0.05) is 19.1 Å². The monoisotopic (exact) mass is 246 g/mol. The Bertz CT molecular complexity index is 463. The van der Waals surface area contributed by atoms with Crippen LogP contribution in [0.3, 0.4) is 0 Å². The zero-order chi connectivity index (χ0) is 13.0. The van der Waals surface area contributed by atoms with Gasteiger partial charge in [0.1, 0.15) is 17.8 Å². The summed E-state index contributed by atoms with van der Waals surface area (Å²) >= 11 is 0. The van der Waals surface area contributed by atoms with E-state index in [9.17, 15) is 4.79 Å². The highest BCUT2D eigenvalue weighted by Gasteiger charge is 2.20. The Morgan fingerprint density at radius 3 is 2.94 bits per heavy atom. The molecule has 0 aliphatic carbocycles. The minimum atomic E-state index is -0.199. The summed E-state index contributed by atoms with van der Waals surface area (Å²) in [7, 11) is 0. The molecule has 0 amide bonds. The maximum Gasteiger partial charge on any atom is 0.131 e. The van der Waals surface area contributed by atoms with Crippen molar-refractivity contribution in [2.45, 2.75) is 32.1 Å². The molecule has 18 heavy (non-hydrogen) atoms. The minimum Gasteiger partial charge on any atom is -0.462 e. The molecule has 1 aromatic rings. The third-order valence-electron chi connectivity index (χ3n) is 3.16. The van der Waals surface area contributed by atoms with E-state index in [4.69, 9.17) is 9.84 Å². The molecule has 1 unspecified atom stereocenters. The average molecular weight is 246 g/mol. The van der Waals surface area contributed by atoms with Crippen molar-refractivity contribution in [2.75, 3.05) is 6.61 Å². The van der Waals surface area contributed by atoms with Gasteiger partial charge in [-0.05, 0) is 30.5 Å². The molecule has 1 N–H and O–H groups in total. The molecule has 1 atom stereocenters. The van der Waals surface area contributed by atoms with E-state index in [-0.39, 0.29) is 12.5 Å². The molecule has 0 radical (unpaired) electrons. The smallest absolute Gasteiger partial charge is 0.131 e. The van der Waals surface area contributed by atoms with Gasteiger partial charge in [0.05, 0.1) is 5.92 Å². The fraction of sp³-hybridized carbons (Fsp3) is 0.400. The first-order valence-electron chi connectivity index (χ1n) is 6.36. The van der Waals surface area contributed by atoms with Crippen molar-refractivity contribution in [3.8, 4) is 5.75 Å². The highest BCUT2D eigenvalue weighted by molar-refractivity contribution is 5.69. The van der Waals surface area contributed by atoms with Crippen LogP contribution >= 0.6 is 0 Å². The summed E-state index contributed by atoms with van der Waals surface area (Å²) in [6, 6.07) is 5.92. The van der Waals surface area contributed by atoms with Gasteiger partial charge in [0, 0.05) is 18.6 Å². The number of rotatable bonds is 5. The minimum absolute atomic E-state index is 0.190. The third-order valence-corrected chi connectivity index (χ3v) is 3.16. The Labute approximate surface area is 107 Å². The van der Waals surface area contributed by atoms with E-state index < -0.39 is 0 Å². The second-order valence-corrected chi connectivity index (χ2v) is 4.45. The Kier molecular flexibility index (Phi) is 4.15. The van der Waals surface area contributed by atoms with Crippen molar-refractivity contribution >= 4 is 6.29 Å². The molecular formula is C15H18O3. The van der Waals surface area contributed by atoms with E-state index >= 15 is 0 Å². The van der Waals surface area contributed by atoms with Crippen molar-refractivity contribution in [1.82, 2.24) is 0 Å². The largest absolute Gasteiger partial charge is 0.462 e. The van der Waals surface area contributed by atoms with Crippen molar-refractivity contribution in [3.63, 3.8) is 0 Å². The highest BCUT2D eigenvalue weighted by atomic mass is 16.5. The Balaban J connectivity index is 2.28. The van der Waals surface area contributed by atoms with E-state index in [0.29, 0.717) is 0 Å². The van der Waals surface area contributed by atoms with Crippen LogP contribution in [-0.4, -0.2) is 18.0 Å². The molecule has 3 heteroatoms. The first-order valence-corrected chi connectivity index (χ1v) is 6.36.